The van der Waals surface area contributed by atoms with Gasteiger partial charge in [0.05, 0.1) is 11.6 Å². The molecule has 2 unspecified atom stereocenters. The molecule has 0 saturated carbocycles. The van der Waals surface area contributed by atoms with E-state index in [0.29, 0.717) is 30.4 Å². The second kappa shape index (κ2) is 9.15. The molecule has 34 heavy (non-hydrogen) atoms. The number of aliphatic imine (C=N–C) groups is 1. The van der Waals surface area contributed by atoms with Crippen molar-refractivity contribution in [2.24, 2.45) is 4.99 Å². The van der Waals surface area contributed by atoms with Crippen LogP contribution in [0.15, 0.2) is 59.6 Å². The molecule has 1 fully saturated rings. The van der Waals surface area contributed by atoms with Crippen LogP contribution in [0.3, 0.4) is 0 Å². The van der Waals surface area contributed by atoms with E-state index in [9.17, 15) is 13.2 Å². The van der Waals surface area contributed by atoms with Gasteiger partial charge in [-0.3, -0.25) is 4.99 Å². The molecule has 1 aromatic heterocycles. The number of alkyl halides is 3. The Morgan fingerprint density at radius 3 is 2.56 bits per heavy atom. The van der Waals surface area contributed by atoms with E-state index < -0.39 is 11.7 Å². The molecule has 5 rings (SSSR count). The summed E-state index contributed by atoms with van der Waals surface area (Å²) in [4.78, 5) is 13.8. The number of hydrogen-bond donors (Lipinski definition) is 2. The Balaban J connectivity index is 1.59. The first-order chi connectivity index (χ1) is 16.4. The Kier molecular flexibility index (Phi) is 6.05. The lowest BCUT2D eigenvalue weighted by atomic mass is 10.0. The minimum atomic E-state index is -4.52. The number of amidine groups is 1. The van der Waals surface area contributed by atoms with Crippen molar-refractivity contribution in [1.29, 1.82) is 0 Å². The fourth-order valence-corrected chi connectivity index (χ4v) is 4.38. The van der Waals surface area contributed by atoms with Crippen molar-refractivity contribution >= 4 is 11.7 Å². The predicted octanol–water partition coefficient (Wildman–Crippen LogP) is 5.50. The van der Waals surface area contributed by atoms with E-state index in [1.165, 1.54) is 12.1 Å². The number of aromatic nitrogens is 2. The molecule has 0 bridgehead atoms. The van der Waals surface area contributed by atoms with Gasteiger partial charge in [0.25, 0.3) is 0 Å². The largest absolute Gasteiger partial charge is 0.652 e. The van der Waals surface area contributed by atoms with Gasteiger partial charge >= 0.3 is 6.18 Å². The van der Waals surface area contributed by atoms with Gasteiger partial charge in [-0.25, -0.2) is 9.97 Å². The summed E-state index contributed by atoms with van der Waals surface area (Å²) in [6.45, 7) is 4.02. The van der Waals surface area contributed by atoms with Crippen LogP contribution in [0.2, 0.25) is 0 Å². The molecule has 3 heterocycles. The van der Waals surface area contributed by atoms with Crippen LogP contribution in [-0.2, 0) is 6.18 Å². The van der Waals surface area contributed by atoms with Crippen LogP contribution in [-0.4, -0.2) is 35.4 Å². The highest BCUT2D eigenvalue weighted by Crippen LogP contribution is 2.37. The number of rotatable bonds is 4. The van der Waals surface area contributed by atoms with E-state index in [-0.39, 0.29) is 23.5 Å². The van der Waals surface area contributed by atoms with Gasteiger partial charge in [-0.2, -0.15) is 13.2 Å². The fraction of sp³-hybridized carbons (Fsp3) is 0.320. The van der Waals surface area contributed by atoms with Crippen molar-refractivity contribution in [2.75, 3.05) is 25.0 Å². The van der Waals surface area contributed by atoms with Crippen molar-refractivity contribution in [3.63, 3.8) is 0 Å². The number of fused-ring (bicyclic) bond motifs is 1. The molecular formula is C25H24F3N6-. The lowest BCUT2D eigenvalue weighted by Gasteiger charge is -2.37. The number of halogens is 3. The molecule has 0 spiro atoms. The van der Waals surface area contributed by atoms with Crippen molar-refractivity contribution in [3.8, 4) is 11.4 Å². The van der Waals surface area contributed by atoms with Crippen LogP contribution in [0.4, 0.5) is 19.0 Å². The molecule has 9 heteroatoms. The minimum absolute atomic E-state index is 0.00706. The maximum Gasteiger partial charge on any atom is 0.417 e. The Bertz CT molecular complexity index is 1220. The van der Waals surface area contributed by atoms with E-state index in [0.717, 1.165) is 30.2 Å². The van der Waals surface area contributed by atoms with Gasteiger partial charge in [0.2, 0.25) is 0 Å². The number of hydrogen-bond acceptors (Lipinski definition) is 5. The normalized spacial score (nSPS) is 20.1. The van der Waals surface area contributed by atoms with E-state index in [4.69, 9.17) is 4.99 Å². The summed E-state index contributed by atoms with van der Waals surface area (Å²) in [6, 6.07) is 14.8. The number of nitrogens with zero attached hydrogens (tertiary/aromatic N) is 4. The van der Waals surface area contributed by atoms with Gasteiger partial charge in [0.15, 0.2) is 5.82 Å². The molecule has 3 aromatic rings. The van der Waals surface area contributed by atoms with Crippen LogP contribution >= 0.6 is 0 Å². The third kappa shape index (κ3) is 4.41. The third-order valence-electron chi connectivity index (χ3n) is 6.03. The highest BCUT2D eigenvalue weighted by Gasteiger charge is 2.34. The van der Waals surface area contributed by atoms with Crippen molar-refractivity contribution in [2.45, 2.75) is 31.6 Å². The highest BCUT2D eigenvalue weighted by atomic mass is 19.4. The molecule has 0 aliphatic carbocycles. The molecule has 1 saturated heterocycles. The zero-order valence-electron chi connectivity index (χ0n) is 18.6. The van der Waals surface area contributed by atoms with Crippen molar-refractivity contribution in [3.05, 3.63) is 82.3 Å². The molecule has 2 aromatic carbocycles. The molecule has 2 atom stereocenters. The Hall–Kier alpha value is -3.30. The average Bonchev–Trinajstić information content (AvgIpc) is 3.21. The third-order valence-corrected chi connectivity index (χ3v) is 6.03. The number of anilines is 1. The lowest BCUT2D eigenvalue weighted by Crippen LogP contribution is -2.31. The Morgan fingerprint density at radius 2 is 1.82 bits per heavy atom. The van der Waals surface area contributed by atoms with Gasteiger partial charge in [-0.05, 0) is 31.1 Å². The summed E-state index contributed by atoms with van der Waals surface area (Å²) in [5.41, 5.74) is 1.82. The van der Waals surface area contributed by atoms with Crippen molar-refractivity contribution < 1.29 is 13.2 Å². The summed E-state index contributed by atoms with van der Waals surface area (Å²) in [5, 5.41) is 11.1. The quantitative estimate of drug-likeness (QED) is 0.533. The summed E-state index contributed by atoms with van der Waals surface area (Å²) in [7, 11) is 0. The molecule has 6 nitrogen and oxygen atoms in total. The lowest BCUT2D eigenvalue weighted by molar-refractivity contribution is -0.137. The summed E-state index contributed by atoms with van der Waals surface area (Å²) < 4.78 is 41.2. The van der Waals surface area contributed by atoms with E-state index in [1.54, 1.807) is 12.1 Å². The maximum atomic E-state index is 13.7. The molecular weight excluding hydrogens is 441 g/mol. The number of nitrogens with one attached hydrogen (secondary N) is 2. The standard InChI is InChI=1S/C25H24F3N6/c1-2-19-15-7-3-4-8-16(15)23(31-19)33-22-13-20(21-14-29-11-12-30-21)32-24(34-22)17-9-5-6-10-18(17)25(26,27)28/h3-10,13,19,21,29H,2,11-12,14H2,1H3,(H,31,32,33,34)/q-1. The maximum absolute atomic E-state index is 13.7. The average molecular weight is 466 g/mol. The Morgan fingerprint density at radius 1 is 1.06 bits per heavy atom. The zero-order chi connectivity index (χ0) is 23.7. The predicted molar refractivity (Wildman–Crippen MR) is 126 cm³/mol. The second-order valence-corrected chi connectivity index (χ2v) is 8.29. The second-order valence-electron chi connectivity index (χ2n) is 8.29. The fourth-order valence-electron chi connectivity index (χ4n) is 4.38. The van der Waals surface area contributed by atoms with Gasteiger partial charge in [-0.15, -0.1) is 6.54 Å². The topological polar surface area (TPSA) is 76.3 Å². The van der Waals surface area contributed by atoms with Gasteiger partial charge in [0.1, 0.15) is 11.7 Å². The van der Waals surface area contributed by atoms with Crippen LogP contribution in [0.1, 0.15) is 47.8 Å². The molecule has 2 aliphatic heterocycles. The van der Waals surface area contributed by atoms with Crippen LogP contribution in [0.5, 0.6) is 0 Å². The molecule has 2 N–H and O–H groups in total. The van der Waals surface area contributed by atoms with Crippen molar-refractivity contribution in [1.82, 2.24) is 15.3 Å². The molecule has 2 aliphatic rings. The van der Waals surface area contributed by atoms with E-state index >= 15 is 0 Å². The Labute approximate surface area is 195 Å². The SMILES string of the molecule is CCC1N=C(Nc2cc(C3CNCC[N-]3)nc(-c3ccccc3C(F)(F)F)n2)c2ccccc21. The van der Waals surface area contributed by atoms with E-state index in [1.807, 2.05) is 24.3 Å². The van der Waals surface area contributed by atoms with Gasteiger partial charge in [-0.1, -0.05) is 55.4 Å². The summed E-state index contributed by atoms with van der Waals surface area (Å²) >= 11 is 0. The summed E-state index contributed by atoms with van der Waals surface area (Å²) in [5.74, 6) is 1.05. The zero-order valence-corrected chi connectivity index (χ0v) is 18.6. The first kappa shape index (κ1) is 22.5. The van der Waals surface area contributed by atoms with Gasteiger partial charge < -0.3 is 16.0 Å². The number of benzene rings is 2. The van der Waals surface area contributed by atoms with Crippen LogP contribution in [0, 0.1) is 0 Å². The first-order valence-electron chi connectivity index (χ1n) is 11.3. The molecule has 176 valence electrons. The minimum Gasteiger partial charge on any atom is -0.652 e. The van der Waals surface area contributed by atoms with Crippen LogP contribution < -0.4 is 10.6 Å². The highest BCUT2D eigenvalue weighted by molar-refractivity contribution is 6.10. The first-order valence-corrected chi connectivity index (χ1v) is 11.3. The smallest absolute Gasteiger partial charge is 0.417 e. The van der Waals surface area contributed by atoms with E-state index in [2.05, 4.69) is 32.8 Å². The molecule has 0 radical (unpaired) electrons. The van der Waals surface area contributed by atoms with Crippen LogP contribution in [0.25, 0.3) is 16.7 Å². The molecule has 0 amide bonds. The monoisotopic (exact) mass is 465 g/mol. The number of piperazine rings is 1. The van der Waals surface area contributed by atoms with Gasteiger partial charge in [0, 0.05) is 22.9 Å². The summed E-state index contributed by atoms with van der Waals surface area (Å²) in [6.07, 6.45) is -3.68.